The number of nitrogens with one attached hydrogen (secondary N) is 1. The third-order valence-corrected chi connectivity index (χ3v) is 10.4. The number of nitrogens with zero attached hydrogens (tertiary/aromatic N) is 2. The highest BCUT2D eigenvalue weighted by atomic mass is 35.5. The predicted molar refractivity (Wildman–Crippen MR) is 156 cm³/mol. The average molecular weight is 585 g/mol. The van der Waals surface area contributed by atoms with Crippen molar-refractivity contribution in [2.24, 2.45) is 16.7 Å². The molecule has 3 aliphatic rings. The number of fused-ring (bicyclic) bond motifs is 3. The molecule has 3 aliphatic carbocycles. The Bertz CT molecular complexity index is 1450. The Hall–Kier alpha value is -2.57. The maximum absolute atomic E-state index is 14.1. The molecule has 2 fully saturated rings. The van der Waals surface area contributed by atoms with Gasteiger partial charge in [0.05, 0.1) is 16.4 Å². The van der Waals surface area contributed by atoms with Gasteiger partial charge in [-0.3, -0.25) is 0 Å². The smallest absolute Gasteiger partial charge is 0.389 e. The largest absolute Gasteiger partial charge is 0.414 e. The van der Waals surface area contributed by atoms with Crippen molar-refractivity contribution in [1.82, 2.24) is 15.1 Å². The fraction of sp³-hybridized carbons (Fsp3) is 0.500. The molecule has 4 atom stereocenters. The number of rotatable bonds is 5. The Morgan fingerprint density at radius 1 is 1.15 bits per heavy atom. The number of carbonyl (C=O) groups is 1. The van der Waals surface area contributed by atoms with Crippen LogP contribution in [-0.2, 0) is 12.8 Å². The first-order chi connectivity index (χ1) is 19.0. The van der Waals surface area contributed by atoms with Gasteiger partial charge in [0.1, 0.15) is 5.82 Å². The van der Waals surface area contributed by atoms with Crippen LogP contribution in [0.2, 0.25) is 10.0 Å². The van der Waals surface area contributed by atoms with Gasteiger partial charge in [-0.25, -0.2) is 13.9 Å². The maximum Gasteiger partial charge on any atom is 0.414 e. The summed E-state index contributed by atoms with van der Waals surface area (Å²) in [5, 5.41) is 9.08. The summed E-state index contributed by atoms with van der Waals surface area (Å²) in [6, 6.07) is 12.1. The van der Waals surface area contributed by atoms with Gasteiger partial charge in [-0.15, -0.1) is 5.10 Å². The number of aromatic nitrogens is 2. The lowest BCUT2D eigenvalue weighted by Crippen LogP contribution is -2.53. The predicted octanol–water partition coefficient (Wildman–Crippen LogP) is 8.67. The summed E-state index contributed by atoms with van der Waals surface area (Å²) in [5.41, 5.74) is 3.55. The molecule has 1 amide bonds. The fourth-order valence-corrected chi connectivity index (χ4v) is 8.38. The minimum atomic E-state index is -0.465. The van der Waals surface area contributed by atoms with E-state index < -0.39 is 6.09 Å². The molecule has 6 rings (SSSR count). The Balaban J connectivity index is 1.37. The summed E-state index contributed by atoms with van der Waals surface area (Å²) in [6.45, 7) is 6.80. The highest BCUT2D eigenvalue weighted by Gasteiger charge is 2.60. The van der Waals surface area contributed by atoms with Crippen molar-refractivity contribution in [3.63, 3.8) is 0 Å². The number of hydrogen-bond donors (Lipinski definition) is 1. The van der Waals surface area contributed by atoms with Crippen molar-refractivity contribution in [2.75, 3.05) is 0 Å². The van der Waals surface area contributed by atoms with E-state index in [-0.39, 0.29) is 28.6 Å². The lowest BCUT2D eigenvalue weighted by Gasteiger charge is -2.42. The maximum atomic E-state index is 14.1. The number of ether oxygens (including phenoxy) is 1. The second-order valence-electron chi connectivity index (χ2n) is 12.8. The second-order valence-corrected chi connectivity index (χ2v) is 13.7. The zero-order valence-electron chi connectivity index (χ0n) is 23.3. The van der Waals surface area contributed by atoms with Crippen molar-refractivity contribution in [1.29, 1.82) is 0 Å². The third kappa shape index (κ3) is 4.92. The molecule has 0 aliphatic heterocycles. The Labute approximate surface area is 245 Å². The van der Waals surface area contributed by atoms with E-state index in [1.165, 1.54) is 12.5 Å². The van der Waals surface area contributed by atoms with Crippen LogP contribution < -0.4 is 10.1 Å². The zero-order valence-corrected chi connectivity index (χ0v) is 24.8. The van der Waals surface area contributed by atoms with Crippen molar-refractivity contribution in [2.45, 2.75) is 84.1 Å². The molecule has 1 N–H and O–H groups in total. The minimum Gasteiger partial charge on any atom is -0.389 e. The summed E-state index contributed by atoms with van der Waals surface area (Å²) < 4.78 is 21.9. The molecular weight excluding hydrogens is 548 g/mol. The minimum absolute atomic E-state index is 0.00910. The third-order valence-electron chi connectivity index (χ3n) is 9.83. The van der Waals surface area contributed by atoms with Gasteiger partial charge in [0.2, 0.25) is 5.88 Å². The van der Waals surface area contributed by atoms with Crippen LogP contribution >= 0.6 is 23.2 Å². The lowest BCUT2D eigenvalue weighted by atomic mass is 9.68. The SMILES string of the molecule is CC12CCC(C1)C(C)(C)[C@H]2NC(=O)Oc1nn(-c2ccc(Cl)cc2Cl)c2c1CCCCC2Cc1cccc(F)c1. The van der Waals surface area contributed by atoms with Crippen LogP contribution in [0.3, 0.4) is 0 Å². The quantitative estimate of drug-likeness (QED) is 0.305. The topological polar surface area (TPSA) is 56.1 Å². The first-order valence-electron chi connectivity index (χ1n) is 14.4. The molecule has 1 aromatic heterocycles. The monoisotopic (exact) mass is 583 g/mol. The Morgan fingerprint density at radius 2 is 1.98 bits per heavy atom. The van der Waals surface area contributed by atoms with Crippen LogP contribution in [0.5, 0.6) is 5.88 Å². The van der Waals surface area contributed by atoms with E-state index in [0.717, 1.165) is 55.3 Å². The summed E-state index contributed by atoms with van der Waals surface area (Å²) in [7, 11) is 0. The number of carbonyl (C=O) groups excluding carboxylic acids is 1. The zero-order chi connectivity index (χ0) is 28.2. The van der Waals surface area contributed by atoms with Crippen molar-refractivity contribution < 1.29 is 13.9 Å². The normalized spacial score (nSPS) is 26.8. The van der Waals surface area contributed by atoms with Crippen molar-refractivity contribution in [3.8, 4) is 11.6 Å². The van der Waals surface area contributed by atoms with Crippen LogP contribution in [0.1, 0.15) is 82.0 Å². The van der Waals surface area contributed by atoms with Crippen LogP contribution in [0.15, 0.2) is 42.5 Å². The van der Waals surface area contributed by atoms with E-state index in [1.807, 2.05) is 16.8 Å². The van der Waals surface area contributed by atoms with Crippen LogP contribution in [0.25, 0.3) is 5.69 Å². The summed E-state index contributed by atoms with van der Waals surface area (Å²) >= 11 is 12.9. The molecule has 3 unspecified atom stereocenters. The number of benzene rings is 2. The van der Waals surface area contributed by atoms with Crippen LogP contribution in [0.4, 0.5) is 9.18 Å². The molecule has 0 radical (unpaired) electrons. The molecule has 0 saturated heterocycles. The summed E-state index contributed by atoms with van der Waals surface area (Å²) in [6.07, 6.45) is 7.22. The van der Waals surface area contributed by atoms with Crippen LogP contribution in [-0.4, -0.2) is 21.9 Å². The second kappa shape index (κ2) is 10.4. The molecule has 3 aromatic rings. The van der Waals surface area contributed by atoms with Gasteiger partial charge in [0.25, 0.3) is 0 Å². The number of hydrogen-bond acceptors (Lipinski definition) is 3. The highest BCUT2D eigenvalue weighted by molar-refractivity contribution is 6.35. The van der Waals surface area contributed by atoms with Gasteiger partial charge >= 0.3 is 6.09 Å². The summed E-state index contributed by atoms with van der Waals surface area (Å²) in [4.78, 5) is 13.4. The van der Waals surface area contributed by atoms with E-state index in [4.69, 9.17) is 33.0 Å². The lowest BCUT2D eigenvalue weighted by molar-refractivity contribution is 0.103. The first kappa shape index (κ1) is 27.6. The molecule has 8 heteroatoms. The fourth-order valence-electron chi connectivity index (χ4n) is 7.89. The van der Waals surface area contributed by atoms with E-state index in [2.05, 4.69) is 26.1 Å². The first-order valence-corrected chi connectivity index (χ1v) is 15.1. The summed E-state index contributed by atoms with van der Waals surface area (Å²) in [5.74, 6) is 0.713. The standard InChI is InChI=1S/C32H36Cl2FN3O2/c1-31(2)21-13-14-32(3,18-21)29(31)36-30(39)40-28-24-10-5-4-8-20(15-19-7-6-9-23(35)16-19)27(24)38(37-28)26-12-11-22(33)17-25(26)34/h6-7,9,11-12,16-17,20-21,29H,4-5,8,10,13-15,18H2,1-3H3,(H,36,39)/t20?,21?,29-,32?/m1/s1. The molecule has 40 heavy (non-hydrogen) atoms. The van der Waals surface area contributed by atoms with E-state index in [9.17, 15) is 9.18 Å². The molecule has 2 bridgehead atoms. The van der Waals surface area contributed by atoms with Gasteiger partial charge in [-0.2, -0.15) is 0 Å². The molecule has 2 aromatic carbocycles. The average Bonchev–Trinajstić information content (AvgIpc) is 3.44. The molecular formula is C32H36Cl2FN3O2. The molecule has 1 heterocycles. The number of halogens is 3. The van der Waals surface area contributed by atoms with E-state index in [0.29, 0.717) is 34.0 Å². The van der Waals surface area contributed by atoms with Crippen LogP contribution in [0, 0.1) is 22.6 Å². The van der Waals surface area contributed by atoms with E-state index >= 15 is 0 Å². The molecule has 5 nitrogen and oxygen atoms in total. The van der Waals surface area contributed by atoms with Gasteiger partial charge in [-0.1, -0.05) is 62.5 Å². The highest BCUT2D eigenvalue weighted by Crippen LogP contribution is 2.62. The van der Waals surface area contributed by atoms with Gasteiger partial charge in [-0.05, 0) is 97.6 Å². The number of amides is 1. The van der Waals surface area contributed by atoms with Gasteiger partial charge in [0, 0.05) is 22.5 Å². The van der Waals surface area contributed by atoms with Crippen molar-refractivity contribution in [3.05, 3.63) is 75.1 Å². The van der Waals surface area contributed by atoms with Gasteiger partial charge in [0.15, 0.2) is 0 Å². The molecule has 212 valence electrons. The van der Waals surface area contributed by atoms with Crippen molar-refractivity contribution >= 4 is 29.3 Å². The Kier molecular flexibility index (Phi) is 7.15. The molecule has 2 saturated carbocycles. The molecule has 0 spiro atoms. The Morgan fingerprint density at radius 3 is 2.70 bits per heavy atom. The van der Waals surface area contributed by atoms with Gasteiger partial charge < -0.3 is 10.1 Å². The van der Waals surface area contributed by atoms with E-state index in [1.54, 1.807) is 24.3 Å².